The Kier molecular flexibility index (Phi) is 5.75. The number of nitrogens with one attached hydrogen (secondary N) is 2. The maximum absolute atomic E-state index is 11.9. The number of pyridine rings is 1. The minimum Gasteiger partial charge on any atom is -0.349 e. The van der Waals surface area contributed by atoms with E-state index in [0.717, 1.165) is 17.7 Å². The third-order valence-electron chi connectivity index (χ3n) is 2.43. The highest BCUT2D eigenvalue weighted by molar-refractivity contribution is 5.77. The molecule has 0 aliphatic rings. The average Bonchev–Trinajstić information content (AvgIpc) is 2.35. The van der Waals surface area contributed by atoms with E-state index in [9.17, 15) is 18.0 Å². The van der Waals surface area contributed by atoms with Crippen LogP contribution in [0.3, 0.4) is 0 Å². The first-order valence-electron chi connectivity index (χ1n) is 5.89. The van der Waals surface area contributed by atoms with Gasteiger partial charge < -0.3 is 10.6 Å². The number of aryl methyl sites for hydroxylation is 1. The minimum absolute atomic E-state index is 0.219. The van der Waals surface area contributed by atoms with E-state index in [1.807, 2.05) is 18.3 Å². The summed E-state index contributed by atoms with van der Waals surface area (Å²) in [5.74, 6) is -0.489. The lowest BCUT2D eigenvalue weighted by molar-refractivity contribution is -0.128. The Bertz CT molecular complexity index is 421. The van der Waals surface area contributed by atoms with Crippen LogP contribution in [0.25, 0.3) is 0 Å². The van der Waals surface area contributed by atoms with Crippen LogP contribution in [0.2, 0.25) is 0 Å². The summed E-state index contributed by atoms with van der Waals surface area (Å²) in [6, 6.07) is 3.70. The van der Waals surface area contributed by atoms with Crippen molar-refractivity contribution in [3.05, 3.63) is 29.6 Å². The van der Waals surface area contributed by atoms with Crippen LogP contribution >= 0.6 is 0 Å². The number of aromatic nitrogens is 1. The molecule has 0 saturated heterocycles. The standard InChI is InChI=1S/C12H16F3N3O/c1-2-9-4-3-5-17-10(9)6-18-11(19)7-16-8-12(13,14)15/h3-5,16H,2,6-8H2,1H3,(H,18,19). The van der Waals surface area contributed by atoms with Crippen molar-refractivity contribution in [2.75, 3.05) is 13.1 Å². The molecule has 0 bridgehead atoms. The molecule has 7 heteroatoms. The molecule has 0 aliphatic carbocycles. The van der Waals surface area contributed by atoms with Crippen LogP contribution in [0, 0.1) is 0 Å². The Hall–Kier alpha value is -1.63. The third-order valence-corrected chi connectivity index (χ3v) is 2.43. The molecule has 19 heavy (non-hydrogen) atoms. The third kappa shape index (κ3) is 6.19. The van der Waals surface area contributed by atoms with Gasteiger partial charge in [0.2, 0.25) is 5.91 Å². The van der Waals surface area contributed by atoms with Crippen LogP contribution in [0.1, 0.15) is 18.2 Å². The van der Waals surface area contributed by atoms with Gasteiger partial charge in [-0.1, -0.05) is 13.0 Å². The van der Waals surface area contributed by atoms with Gasteiger partial charge in [0.15, 0.2) is 0 Å². The summed E-state index contributed by atoms with van der Waals surface area (Å²) < 4.78 is 35.6. The van der Waals surface area contributed by atoms with E-state index in [1.54, 1.807) is 12.3 Å². The highest BCUT2D eigenvalue weighted by Crippen LogP contribution is 2.11. The fourth-order valence-corrected chi connectivity index (χ4v) is 1.51. The number of alkyl halides is 3. The number of rotatable bonds is 6. The highest BCUT2D eigenvalue weighted by atomic mass is 19.4. The van der Waals surface area contributed by atoms with Gasteiger partial charge in [-0.25, -0.2) is 0 Å². The smallest absolute Gasteiger partial charge is 0.349 e. The molecule has 1 aromatic heterocycles. The van der Waals surface area contributed by atoms with Gasteiger partial charge in [0.25, 0.3) is 0 Å². The highest BCUT2D eigenvalue weighted by Gasteiger charge is 2.26. The van der Waals surface area contributed by atoms with Gasteiger partial charge in [-0.2, -0.15) is 13.2 Å². The van der Waals surface area contributed by atoms with Gasteiger partial charge in [0, 0.05) is 6.20 Å². The summed E-state index contributed by atoms with van der Waals surface area (Å²) in [4.78, 5) is 15.5. The van der Waals surface area contributed by atoms with E-state index >= 15 is 0 Å². The summed E-state index contributed by atoms with van der Waals surface area (Å²) in [5, 5.41) is 4.56. The van der Waals surface area contributed by atoms with Crippen molar-refractivity contribution in [1.82, 2.24) is 15.6 Å². The number of hydrogen-bond donors (Lipinski definition) is 2. The van der Waals surface area contributed by atoms with Gasteiger partial charge in [-0.15, -0.1) is 0 Å². The van der Waals surface area contributed by atoms with Crippen LogP contribution in [0.15, 0.2) is 18.3 Å². The van der Waals surface area contributed by atoms with Crippen molar-refractivity contribution >= 4 is 5.91 Å². The first-order chi connectivity index (χ1) is 8.92. The molecule has 1 aromatic rings. The predicted molar refractivity (Wildman–Crippen MR) is 64.4 cm³/mol. The van der Waals surface area contributed by atoms with Gasteiger partial charge >= 0.3 is 6.18 Å². The molecule has 0 saturated carbocycles. The van der Waals surface area contributed by atoms with E-state index in [-0.39, 0.29) is 13.1 Å². The number of hydrogen-bond acceptors (Lipinski definition) is 3. The second-order valence-electron chi connectivity index (χ2n) is 3.96. The molecule has 1 rings (SSSR count). The molecule has 106 valence electrons. The normalized spacial score (nSPS) is 11.4. The topological polar surface area (TPSA) is 54.0 Å². The molecule has 0 aromatic carbocycles. The number of halogens is 3. The Morgan fingerprint density at radius 3 is 2.79 bits per heavy atom. The fraction of sp³-hybridized carbons (Fsp3) is 0.500. The van der Waals surface area contributed by atoms with E-state index in [4.69, 9.17) is 0 Å². The summed E-state index contributed by atoms with van der Waals surface area (Å²) in [5.41, 5.74) is 1.74. The zero-order valence-corrected chi connectivity index (χ0v) is 10.5. The van der Waals surface area contributed by atoms with Crippen molar-refractivity contribution in [2.24, 2.45) is 0 Å². The van der Waals surface area contributed by atoms with E-state index in [2.05, 4.69) is 10.3 Å². The molecular formula is C12H16F3N3O. The van der Waals surface area contributed by atoms with Gasteiger partial charge in [0.05, 0.1) is 25.3 Å². The Morgan fingerprint density at radius 1 is 1.42 bits per heavy atom. The van der Waals surface area contributed by atoms with Crippen LogP contribution in [0.5, 0.6) is 0 Å². The van der Waals surface area contributed by atoms with Crippen LogP contribution in [0.4, 0.5) is 13.2 Å². The number of carbonyl (C=O) groups excluding carboxylic acids is 1. The first kappa shape index (κ1) is 15.4. The van der Waals surface area contributed by atoms with Gasteiger partial charge in [-0.3, -0.25) is 9.78 Å². The molecule has 0 fully saturated rings. The van der Waals surface area contributed by atoms with E-state index in [0.29, 0.717) is 0 Å². The summed E-state index contributed by atoms with van der Waals surface area (Å²) in [6.45, 7) is 0.641. The van der Waals surface area contributed by atoms with Crippen molar-refractivity contribution in [2.45, 2.75) is 26.1 Å². The van der Waals surface area contributed by atoms with E-state index in [1.165, 1.54) is 0 Å². The Morgan fingerprint density at radius 2 is 2.16 bits per heavy atom. The molecule has 2 N–H and O–H groups in total. The predicted octanol–water partition coefficient (Wildman–Crippen LogP) is 1.41. The molecule has 0 aliphatic heterocycles. The van der Waals surface area contributed by atoms with Crippen molar-refractivity contribution in [1.29, 1.82) is 0 Å². The zero-order chi connectivity index (χ0) is 14.3. The van der Waals surface area contributed by atoms with Gasteiger partial charge in [-0.05, 0) is 18.1 Å². The summed E-state index contributed by atoms with van der Waals surface area (Å²) in [7, 11) is 0. The average molecular weight is 275 g/mol. The second-order valence-corrected chi connectivity index (χ2v) is 3.96. The minimum atomic E-state index is -4.31. The molecule has 0 radical (unpaired) electrons. The lowest BCUT2D eigenvalue weighted by Crippen LogP contribution is -2.38. The monoisotopic (exact) mass is 275 g/mol. The molecular weight excluding hydrogens is 259 g/mol. The molecule has 1 amide bonds. The molecule has 0 unspecified atom stereocenters. The number of amides is 1. The number of nitrogens with zero attached hydrogens (tertiary/aromatic N) is 1. The van der Waals surface area contributed by atoms with Crippen molar-refractivity contribution in [3.63, 3.8) is 0 Å². The second kappa shape index (κ2) is 7.08. The van der Waals surface area contributed by atoms with Gasteiger partial charge in [0.1, 0.15) is 0 Å². The Labute approximate surface area is 109 Å². The molecule has 1 heterocycles. The molecule has 0 spiro atoms. The summed E-state index contributed by atoms with van der Waals surface area (Å²) >= 11 is 0. The number of carbonyl (C=O) groups is 1. The van der Waals surface area contributed by atoms with Crippen molar-refractivity contribution < 1.29 is 18.0 Å². The first-order valence-corrected chi connectivity index (χ1v) is 5.89. The largest absolute Gasteiger partial charge is 0.401 e. The van der Waals surface area contributed by atoms with E-state index < -0.39 is 18.6 Å². The quantitative estimate of drug-likeness (QED) is 0.825. The Balaban J connectivity index is 2.34. The maximum atomic E-state index is 11.9. The van der Waals surface area contributed by atoms with Crippen LogP contribution < -0.4 is 10.6 Å². The maximum Gasteiger partial charge on any atom is 0.401 e. The van der Waals surface area contributed by atoms with Crippen LogP contribution in [-0.2, 0) is 17.8 Å². The van der Waals surface area contributed by atoms with Crippen molar-refractivity contribution in [3.8, 4) is 0 Å². The SMILES string of the molecule is CCc1cccnc1CNC(=O)CNCC(F)(F)F. The molecule has 4 nitrogen and oxygen atoms in total. The zero-order valence-electron chi connectivity index (χ0n) is 10.5. The van der Waals surface area contributed by atoms with Crippen LogP contribution in [-0.4, -0.2) is 30.2 Å². The lowest BCUT2D eigenvalue weighted by atomic mass is 10.1. The lowest BCUT2D eigenvalue weighted by Gasteiger charge is -2.10. The fourth-order valence-electron chi connectivity index (χ4n) is 1.51. The molecule has 0 atom stereocenters. The summed E-state index contributed by atoms with van der Waals surface area (Å²) in [6.07, 6.45) is -1.91.